The highest BCUT2D eigenvalue weighted by molar-refractivity contribution is 5.91. The van der Waals surface area contributed by atoms with Crippen LogP contribution in [-0.4, -0.2) is 16.7 Å². The molecule has 0 unspecified atom stereocenters. The van der Waals surface area contributed by atoms with Gasteiger partial charge in [-0.2, -0.15) is 0 Å². The molecule has 3 rings (SSSR count). The van der Waals surface area contributed by atoms with Crippen LogP contribution in [0.2, 0.25) is 0 Å². The summed E-state index contributed by atoms with van der Waals surface area (Å²) in [5.41, 5.74) is 0.876. The van der Waals surface area contributed by atoms with Crippen molar-refractivity contribution >= 4 is 16.9 Å². The van der Waals surface area contributed by atoms with Crippen molar-refractivity contribution in [2.24, 2.45) is 0 Å². The van der Waals surface area contributed by atoms with Crippen molar-refractivity contribution in [2.45, 2.75) is 26.4 Å². The van der Waals surface area contributed by atoms with Crippen LogP contribution < -0.4 is 4.74 Å². The maximum atomic E-state index is 12.1. The van der Waals surface area contributed by atoms with Crippen molar-refractivity contribution in [3.05, 3.63) is 60.8 Å². The largest absolute Gasteiger partial charge is 0.514 e. The molecule has 1 heterocycles. The predicted molar refractivity (Wildman–Crippen MR) is 94.0 cm³/mol. The summed E-state index contributed by atoms with van der Waals surface area (Å²) in [6, 6.07) is 17.3. The van der Waals surface area contributed by atoms with Crippen LogP contribution in [0.25, 0.3) is 22.0 Å². The molecule has 3 aromatic rings. The zero-order valence-electron chi connectivity index (χ0n) is 13.9. The van der Waals surface area contributed by atoms with E-state index in [0.29, 0.717) is 5.75 Å². The molecule has 0 bridgehead atoms. The molecule has 122 valence electrons. The summed E-state index contributed by atoms with van der Waals surface area (Å²) in [4.78, 5) is 16.4. The van der Waals surface area contributed by atoms with Gasteiger partial charge in [-0.15, -0.1) is 0 Å². The number of carbonyl (C=O) groups is 1. The van der Waals surface area contributed by atoms with E-state index in [2.05, 4.69) is 4.98 Å². The van der Waals surface area contributed by atoms with E-state index in [1.165, 1.54) is 0 Å². The summed E-state index contributed by atoms with van der Waals surface area (Å²) in [6.07, 6.45) is 0.983. The summed E-state index contributed by atoms with van der Waals surface area (Å²) in [7, 11) is 0. The van der Waals surface area contributed by atoms with Gasteiger partial charge in [0.15, 0.2) is 0 Å². The molecule has 2 aromatic carbocycles. The summed E-state index contributed by atoms with van der Waals surface area (Å²) in [5, 5.41) is 2.03. The van der Waals surface area contributed by atoms with Crippen molar-refractivity contribution in [1.82, 2.24) is 4.98 Å². The highest BCUT2D eigenvalue weighted by Crippen LogP contribution is 2.33. The molecule has 0 aliphatic heterocycles. The van der Waals surface area contributed by atoms with E-state index in [1.807, 2.05) is 54.6 Å². The maximum absolute atomic E-state index is 12.1. The Morgan fingerprint density at radius 3 is 2.25 bits per heavy atom. The van der Waals surface area contributed by atoms with Gasteiger partial charge >= 0.3 is 6.16 Å². The number of rotatable bonds is 2. The quantitative estimate of drug-likeness (QED) is 0.480. The number of fused-ring (bicyclic) bond motifs is 1. The van der Waals surface area contributed by atoms with Crippen LogP contribution in [0.3, 0.4) is 0 Å². The van der Waals surface area contributed by atoms with Crippen molar-refractivity contribution in [3.8, 4) is 17.0 Å². The van der Waals surface area contributed by atoms with Crippen molar-refractivity contribution in [1.29, 1.82) is 0 Å². The SMILES string of the molecule is CC(C)(C)OC(=O)Oc1cc2ccccc2cc1-c1ccccn1. The maximum Gasteiger partial charge on any atom is 0.514 e. The molecule has 0 radical (unpaired) electrons. The van der Waals surface area contributed by atoms with Gasteiger partial charge in [0.1, 0.15) is 11.4 Å². The Labute approximate surface area is 141 Å². The molecule has 0 atom stereocenters. The molecule has 1 aromatic heterocycles. The molecule has 0 aliphatic rings. The fourth-order valence-electron chi connectivity index (χ4n) is 2.39. The summed E-state index contributed by atoms with van der Waals surface area (Å²) in [6.45, 7) is 5.40. The Hall–Kier alpha value is -2.88. The van der Waals surface area contributed by atoms with E-state index in [-0.39, 0.29) is 0 Å². The fraction of sp³-hybridized carbons (Fsp3) is 0.200. The third kappa shape index (κ3) is 3.71. The van der Waals surface area contributed by atoms with Gasteiger partial charge in [0, 0.05) is 11.8 Å². The Balaban J connectivity index is 2.05. The van der Waals surface area contributed by atoms with E-state index in [0.717, 1.165) is 22.0 Å². The minimum absolute atomic E-state index is 0.432. The average Bonchev–Trinajstić information content (AvgIpc) is 2.53. The zero-order chi connectivity index (χ0) is 17.2. The normalized spacial score (nSPS) is 11.3. The van der Waals surface area contributed by atoms with Gasteiger partial charge in [-0.3, -0.25) is 4.98 Å². The lowest BCUT2D eigenvalue weighted by molar-refractivity contribution is 0.0207. The Morgan fingerprint density at radius 1 is 0.958 bits per heavy atom. The van der Waals surface area contributed by atoms with Crippen molar-refractivity contribution in [2.75, 3.05) is 0 Å². The smallest absolute Gasteiger partial charge is 0.428 e. The molecule has 0 spiro atoms. The van der Waals surface area contributed by atoms with Gasteiger partial charge < -0.3 is 9.47 Å². The third-order valence-electron chi connectivity index (χ3n) is 3.37. The minimum Gasteiger partial charge on any atom is -0.428 e. The topological polar surface area (TPSA) is 48.4 Å². The number of benzene rings is 2. The highest BCUT2D eigenvalue weighted by atomic mass is 16.7. The monoisotopic (exact) mass is 321 g/mol. The number of aromatic nitrogens is 1. The average molecular weight is 321 g/mol. The van der Waals surface area contributed by atoms with Gasteiger partial charge in [-0.05, 0) is 55.8 Å². The Kier molecular flexibility index (Phi) is 4.21. The first-order valence-corrected chi connectivity index (χ1v) is 7.77. The summed E-state index contributed by atoms with van der Waals surface area (Å²) < 4.78 is 10.7. The van der Waals surface area contributed by atoms with Crippen molar-refractivity contribution in [3.63, 3.8) is 0 Å². The second-order valence-electron chi connectivity index (χ2n) is 6.48. The second-order valence-corrected chi connectivity index (χ2v) is 6.48. The molecule has 0 aliphatic carbocycles. The van der Waals surface area contributed by atoms with Crippen LogP contribution in [0.15, 0.2) is 60.8 Å². The molecular formula is C20H19NO3. The molecule has 0 saturated heterocycles. The highest BCUT2D eigenvalue weighted by Gasteiger charge is 2.20. The van der Waals surface area contributed by atoms with E-state index in [1.54, 1.807) is 27.0 Å². The molecule has 4 nitrogen and oxygen atoms in total. The molecule has 0 fully saturated rings. The van der Waals surface area contributed by atoms with Crippen LogP contribution in [0.5, 0.6) is 5.75 Å². The van der Waals surface area contributed by atoms with E-state index < -0.39 is 11.8 Å². The number of ether oxygens (including phenoxy) is 2. The van der Waals surface area contributed by atoms with Crippen molar-refractivity contribution < 1.29 is 14.3 Å². The standard InChI is InChI=1S/C20H19NO3/c1-20(2,3)24-19(22)23-18-13-15-9-5-4-8-14(15)12-16(18)17-10-6-7-11-21-17/h4-13H,1-3H3. The fourth-order valence-corrected chi connectivity index (χ4v) is 2.39. The second kappa shape index (κ2) is 6.32. The number of pyridine rings is 1. The lowest BCUT2D eigenvalue weighted by atomic mass is 10.0. The molecule has 0 N–H and O–H groups in total. The third-order valence-corrected chi connectivity index (χ3v) is 3.37. The van der Waals surface area contributed by atoms with E-state index >= 15 is 0 Å². The van der Waals surface area contributed by atoms with Gasteiger partial charge in [0.25, 0.3) is 0 Å². The number of nitrogens with zero attached hydrogens (tertiary/aromatic N) is 1. The van der Waals surface area contributed by atoms with Gasteiger partial charge in [0.2, 0.25) is 0 Å². The molecule has 0 amide bonds. The zero-order valence-corrected chi connectivity index (χ0v) is 13.9. The number of hydrogen-bond acceptors (Lipinski definition) is 4. The van der Waals surface area contributed by atoms with Gasteiger partial charge in [-0.25, -0.2) is 4.79 Å². The first-order chi connectivity index (χ1) is 11.4. The minimum atomic E-state index is -0.727. The number of hydrogen-bond donors (Lipinski definition) is 0. The van der Waals surface area contributed by atoms with Crippen LogP contribution in [-0.2, 0) is 4.74 Å². The summed E-state index contributed by atoms with van der Waals surface area (Å²) >= 11 is 0. The van der Waals surface area contributed by atoms with Crippen LogP contribution in [0, 0.1) is 0 Å². The van der Waals surface area contributed by atoms with E-state index in [9.17, 15) is 4.79 Å². The Morgan fingerprint density at radius 2 is 1.62 bits per heavy atom. The predicted octanol–water partition coefficient (Wildman–Crippen LogP) is 5.22. The number of carbonyl (C=O) groups excluding carboxylic acids is 1. The molecule has 24 heavy (non-hydrogen) atoms. The molecule has 0 saturated carbocycles. The lowest BCUT2D eigenvalue weighted by Crippen LogP contribution is -2.26. The van der Waals surface area contributed by atoms with E-state index in [4.69, 9.17) is 9.47 Å². The molecule has 4 heteroatoms. The van der Waals surface area contributed by atoms with Crippen LogP contribution in [0.1, 0.15) is 20.8 Å². The van der Waals surface area contributed by atoms with Crippen LogP contribution >= 0.6 is 0 Å². The Bertz CT molecular complexity index is 867. The van der Waals surface area contributed by atoms with Crippen LogP contribution in [0.4, 0.5) is 4.79 Å². The van der Waals surface area contributed by atoms with Gasteiger partial charge in [0.05, 0.1) is 5.69 Å². The lowest BCUT2D eigenvalue weighted by Gasteiger charge is -2.19. The first kappa shape index (κ1) is 16.0. The summed E-state index contributed by atoms with van der Waals surface area (Å²) in [5.74, 6) is 0.432. The van der Waals surface area contributed by atoms with Gasteiger partial charge in [-0.1, -0.05) is 30.3 Å². The first-order valence-electron chi connectivity index (χ1n) is 7.77. The molecular weight excluding hydrogens is 302 g/mol.